The molecule has 1 amide bonds. The Bertz CT molecular complexity index is 1100. The van der Waals surface area contributed by atoms with Crippen molar-refractivity contribution in [1.82, 2.24) is 9.80 Å². The molecule has 1 N–H and O–H groups in total. The maximum atomic E-state index is 14.9. The number of aliphatic hydroxyl groups excluding tert-OH is 1. The average Bonchev–Trinajstić information content (AvgIpc) is 3.29. The number of ether oxygens (including phenoxy) is 1. The van der Waals surface area contributed by atoms with E-state index in [1.54, 1.807) is 18.2 Å². The van der Waals surface area contributed by atoms with Gasteiger partial charge in [-0.25, -0.2) is 8.78 Å². The van der Waals surface area contributed by atoms with Crippen molar-refractivity contribution < 1.29 is 23.4 Å². The minimum Gasteiger partial charge on any atom is -0.490 e. The van der Waals surface area contributed by atoms with E-state index in [2.05, 4.69) is 11.8 Å². The molecule has 194 valence electrons. The van der Waals surface area contributed by atoms with Gasteiger partial charge in [0.15, 0.2) is 11.6 Å². The van der Waals surface area contributed by atoms with Crippen LogP contribution in [-0.4, -0.2) is 66.2 Å². The third-order valence-electron chi connectivity index (χ3n) is 8.26. The van der Waals surface area contributed by atoms with E-state index in [0.717, 1.165) is 25.9 Å². The topological polar surface area (TPSA) is 53.0 Å². The second-order valence-corrected chi connectivity index (χ2v) is 11.2. The summed E-state index contributed by atoms with van der Waals surface area (Å²) >= 11 is 0. The number of nitrogens with zero attached hydrogens (tertiary/aromatic N) is 2. The standard InChI is InChI=1S/C29H36F2N2O3/c1-29(10-2-11-29)19-32-12-7-20(8-13-32)18-36-27-6-4-21(15-26(27)31)24-5-3-22(16-25(24)30)28(35)33-14-9-23(34)17-33/h3-6,15-16,20,23,34H,2,7-14,17-19H2,1H3. The van der Waals surface area contributed by atoms with Gasteiger partial charge in [-0.1, -0.05) is 25.5 Å². The van der Waals surface area contributed by atoms with E-state index in [-0.39, 0.29) is 29.3 Å². The summed E-state index contributed by atoms with van der Waals surface area (Å²) in [5.41, 5.74) is 1.34. The van der Waals surface area contributed by atoms with Gasteiger partial charge in [-0.05, 0) is 86.4 Å². The molecule has 3 fully saturated rings. The molecule has 1 aliphatic carbocycles. The number of aliphatic hydroxyl groups is 1. The molecule has 1 unspecified atom stereocenters. The minimum atomic E-state index is -0.587. The highest BCUT2D eigenvalue weighted by Gasteiger charge is 2.34. The summed E-state index contributed by atoms with van der Waals surface area (Å²) in [6.07, 6.45) is 6.13. The number of rotatable bonds is 7. The summed E-state index contributed by atoms with van der Waals surface area (Å²) in [6, 6.07) is 8.72. The number of carbonyl (C=O) groups is 1. The fraction of sp³-hybridized carbons (Fsp3) is 0.552. The van der Waals surface area contributed by atoms with Crippen LogP contribution in [0.2, 0.25) is 0 Å². The summed E-state index contributed by atoms with van der Waals surface area (Å²) < 4.78 is 35.5. The highest BCUT2D eigenvalue weighted by molar-refractivity contribution is 5.95. The lowest BCUT2D eigenvalue weighted by atomic mass is 9.70. The number of hydrogen-bond donors (Lipinski definition) is 1. The third kappa shape index (κ3) is 5.57. The average molecular weight is 499 g/mol. The second kappa shape index (κ2) is 10.5. The van der Waals surface area contributed by atoms with E-state index < -0.39 is 17.7 Å². The molecule has 0 aromatic heterocycles. The van der Waals surface area contributed by atoms with Crippen molar-refractivity contribution in [3.63, 3.8) is 0 Å². The molecule has 36 heavy (non-hydrogen) atoms. The van der Waals surface area contributed by atoms with Crippen LogP contribution in [0, 0.1) is 23.0 Å². The number of halogens is 2. The predicted molar refractivity (Wildman–Crippen MR) is 135 cm³/mol. The van der Waals surface area contributed by atoms with Crippen molar-refractivity contribution >= 4 is 5.91 Å². The molecule has 1 saturated carbocycles. The molecule has 2 aromatic carbocycles. The Labute approximate surface area is 212 Å². The molecule has 0 bridgehead atoms. The second-order valence-electron chi connectivity index (χ2n) is 11.2. The number of piperidine rings is 1. The Kier molecular flexibility index (Phi) is 7.31. The van der Waals surface area contributed by atoms with Gasteiger partial charge in [0.1, 0.15) is 5.82 Å². The van der Waals surface area contributed by atoms with Crippen LogP contribution in [0.4, 0.5) is 8.78 Å². The van der Waals surface area contributed by atoms with Gasteiger partial charge in [0.2, 0.25) is 0 Å². The van der Waals surface area contributed by atoms with Crippen molar-refractivity contribution in [3.05, 3.63) is 53.6 Å². The summed E-state index contributed by atoms with van der Waals surface area (Å²) in [4.78, 5) is 16.6. The summed E-state index contributed by atoms with van der Waals surface area (Å²) in [6.45, 7) is 6.91. The lowest BCUT2D eigenvalue weighted by Crippen LogP contribution is -2.44. The molecule has 2 heterocycles. The molecule has 5 nitrogen and oxygen atoms in total. The molecular formula is C29H36F2N2O3. The maximum Gasteiger partial charge on any atom is 0.254 e. The lowest BCUT2D eigenvalue weighted by molar-refractivity contribution is 0.0561. The molecule has 7 heteroatoms. The first-order valence-corrected chi connectivity index (χ1v) is 13.2. The molecular weight excluding hydrogens is 462 g/mol. The fourth-order valence-corrected chi connectivity index (χ4v) is 5.77. The van der Waals surface area contributed by atoms with Crippen molar-refractivity contribution in [2.24, 2.45) is 11.3 Å². The molecule has 1 atom stereocenters. The smallest absolute Gasteiger partial charge is 0.254 e. The highest BCUT2D eigenvalue weighted by Crippen LogP contribution is 2.41. The van der Waals surface area contributed by atoms with Gasteiger partial charge in [0, 0.05) is 30.8 Å². The zero-order valence-corrected chi connectivity index (χ0v) is 21.0. The number of β-amino-alcohol motifs (C(OH)–C–C–N with tert-alkyl or cyclic N) is 1. The van der Waals surface area contributed by atoms with Crippen molar-refractivity contribution in [2.75, 3.05) is 39.3 Å². The van der Waals surface area contributed by atoms with Gasteiger partial charge in [0.25, 0.3) is 5.91 Å². The Morgan fingerprint density at radius 1 is 1.06 bits per heavy atom. The first-order valence-electron chi connectivity index (χ1n) is 13.2. The Morgan fingerprint density at radius 3 is 2.44 bits per heavy atom. The normalized spacial score (nSPS) is 22.4. The Morgan fingerprint density at radius 2 is 1.83 bits per heavy atom. The van der Waals surface area contributed by atoms with E-state index in [4.69, 9.17) is 4.74 Å². The lowest BCUT2D eigenvalue weighted by Gasteiger charge is -2.44. The van der Waals surface area contributed by atoms with Gasteiger partial charge in [0.05, 0.1) is 12.7 Å². The molecule has 0 spiro atoms. The third-order valence-corrected chi connectivity index (χ3v) is 8.26. The first kappa shape index (κ1) is 25.2. The van der Waals surface area contributed by atoms with E-state index in [1.807, 2.05) is 0 Å². The first-order chi connectivity index (χ1) is 17.3. The zero-order chi connectivity index (χ0) is 25.3. The van der Waals surface area contributed by atoms with E-state index in [9.17, 15) is 18.7 Å². The van der Waals surface area contributed by atoms with Crippen LogP contribution in [0.25, 0.3) is 11.1 Å². The van der Waals surface area contributed by atoms with Crippen LogP contribution in [0.5, 0.6) is 5.75 Å². The predicted octanol–water partition coefficient (Wildman–Crippen LogP) is 5.12. The summed E-state index contributed by atoms with van der Waals surface area (Å²) in [5.74, 6) is -0.823. The molecule has 0 radical (unpaired) electrons. The molecule has 3 aliphatic rings. The van der Waals surface area contributed by atoms with Crippen LogP contribution >= 0.6 is 0 Å². The van der Waals surface area contributed by atoms with Crippen LogP contribution < -0.4 is 4.74 Å². The van der Waals surface area contributed by atoms with Crippen LogP contribution in [0.3, 0.4) is 0 Å². The van der Waals surface area contributed by atoms with Gasteiger partial charge < -0.3 is 19.6 Å². The number of benzene rings is 2. The maximum absolute atomic E-state index is 14.9. The number of amides is 1. The van der Waals surface area contributed by atoms with Crippen LogP contribution in [0.1, 0.15) is 55.8 Å². The van der Waals surface area contributed by atoms with E-state index in [1.165, 1.54) is 48.9 Å². The quantitative estimate of drug-likeness (QED) is 0.576. The summed E-state index contributed by atoms with van der Waals surface area (Å²) in [5, 5.41) is 9.65. The minimum absolute atomic E-state index is 0.183. The van der Waals surface area contributed by atoms with Gasteiger partial charge in [-0.3, -0.25) is 4.79 Å². The monoisotopic (exact) mass is 498 g/mol. The molecule has 5 rings (SSSR count). The number of hydrogen-bond acceptors (Lipinski definition) is 4. The Hall–Kier alpha value is -2.51. The number of likely N-dealkylation sites (tertiary alicyclic amines) is 2. The Balaban J connectivity index is 1.16. The number of carbonyl (C=O) groups excluding carboxylic acids is 1. The van der Waals surface area contributed by atoms with Crippen LogP contribution in [0.15, 0.2) is 36.4 Å². The fourth-order valence-electron chi connectivity index (χ4n) is 5.77. The largest absolute Gasteiger partial charge is 0.490 e. The van der Waals surface area contributed by atoms with Gasteiger partial charge in [-0.15, -0.1) is 0 Å². The molecule has 2 aromatic rings. The summed E-state index contributed by atoms with van der Waals surface area (Å²) in [7, 11) is 0. The van der Waals surface area contributed by atoms with Gasteiger partial charge >= 0.3 is 0 Å². The highest BCUT2D eigenvalue weighted by atomic mass is 19.1. The van der Waals surface area contributed by atoms with E-state index in [0.29, 0.717) is 36.5 Å². The molecule has 2 aliphatic heterocycles. The van der Waals surface area contributed by atoms with Crippen molar-refractivity contribution in [2.45, 2.75) is 51.6 Å². The van der Waals surface area contributed by atoms with E-state index >= 15 is 0 Å². The van der Waals surface area contributed by atoms with Crippen LogP contribution in [-0.2, 0) is 0 Å². The van der Waals surface area contributed by atoms with Crippen molar-refractivity contribution in [1.29, 1.82) is 0 Å². The zero-order valence-electron chi connectivity index (χ0n) is 21.0. The van der Waals surface area contributed by atoms with Gasteiger partial charge in [-0.2, -0.15) is 0 Å². The SMILES string of the molecule is CC1(CN2CCC(COc3ccc(-c4ccc(C(=O)N5CCC(O)C5)cc4F)cc3F)CC2)CCC1. The van der Waals surface area contributed by atoms with Crippen molar-refractivity contribution in [3.8, 4) is 16.9 Å². The molecule has 2 saturated heterocycles.